The molecule has 0 saturated carbocycles. The third kappa shape index (κ3) is 6.41. The molecule has 1 aliphatic rings. The summed E-state index contributed by atoms with van der Waals surface area (Å²) in [6.45, 7) is 4.25. The van der Waals surface area contributed by atoms with E-state index in [1.54, 1.807) is 36.5 Å². The Hall–Kier alpha value is -4.01. The number of ether oxygens (including phenoxy) is 1. The van der Waals surface area contributed by atoms with E-state index in [2.05, 4.69) is 25.5 Å². The van der Waals surface area contributed by atoms with E-state index in [4.69, 9.17) is 10.00 Å². The van der Waals surface area contributed by atoms with Crippen LogP contribution in [0, 0.1) is 18.3 Å². The third-order valence-electron chi connectivity index (χ3n) is 5.73. The van der Waals surface area contributed by atoms with Crippen molar-refractivity contribution in [3.63, 3.8) is 0 Å². The number of thioether (sulfide) groups is 1. The number of hydrogen-bond acceptors (Lipinski definition) is 9. The molecule has 0 radical (unpaired) electrons. The molecule has 0 unspecified atom stereocenters. The van der Waals surface area contributed by atoms with Crippen LogP contribution in [0.25, 0.3) is 11.3 Å². The van der Waals surface area contributed by atoms with Gasteiger partial charge in [-0.2, -0.15) is 5.26 Å². The molecule has 2 heterocycles. The maximum Gasteiger partial charge on any atom is 0.252 e. The summed E-state index contributed by atoms with van der Waals surface area (Å²) in [5.41, 5.74) is 4.49. The van der Waals surface area contributed by atoms with Crippen LogP contribution in [0.4, 0.5) is 21.7 Å². The Morgan fingerprint density at radius 3 is 2.65 bits per heavy atom. The second-order valence-electron chi connectivity index (χ2n) is 8.14. The Morgan fingerprint density at radius 2 is 1.95 bits per heavy atom. The van der Waals surface area contributed by atoms with E-state index in [9.17, 15) is 14.0 Å². The number of aryl methyl sites for hydroxylation is 1. The summed E-state index contributed by atoms with van der Waals surface area (Å²) in [4.78, 5) is 35.8. The Morgan fingerprint density at radius 1 is 1.19 bits per heavy atom. The molecule has 11 heteroatoms. The molecule has 1 aliphatic heterocycles. The number of halogens is 1. The van der Waals surface area contributed by atoms with Gasteiger partial charge in [-0.05, 0) is 54.6 Å². The van der Waals surface area contributed by atoms with Crippen LogP contribution < -0.4 is 15.5 Å². The number of aromatic nitrogens is 2. The van der Waals surface area contributed by atoms with Gasteiger partial charge in [-0.15, -0.1) is 0 Å². The molecular weight excluding hydrogens is 495 g/mol. The van der Waals surface area contributed by atoms with Crippen LogP contribution in [0.15, 0.2) is 48.7 Å². The van der Waals surface area contributed by atoms with E-state index < -0.39 is 6.01 Å². The van der Waals surface area contributed by atoms with Crippen molar-refractivity contribution in [1.82, 2.24) is 15.3 Å². The normalized spacial score (nSPS) is 13.1. The first-order valence-electron chi connectivity index (χ1n) is 11.6. The summed E-state index contributed by atoms with van der Waals surface area (Å²) in [5.74, 6) is -0.00114. The van der Waals surface area contributed by atoms with E-state index in [-0.39, 0.29) is 17.6 Å². The summed E-state index contributed by atoms with van der Waals surface area (Å²) in [6.07, 6.45) is 1.69. The number of nitriles is 1. The molecule has 1 aromatic heterocycles. The number of nitrogens with zero attached hydrogens (tertiary/aromatic N) is 4. The molecule has 0 aliphatic carbocycles. The van der Waals surface area contributed by atoms with Crippen molar-refractivity contribution in [1.29, 1.82) is 5.26 Å². The molecule has 2 aromatic carbocycles. The van der Waals surface area contributed by atoms with E-state index in [1.807, 2.05) is 25.1 Å². The number of carbonyl (C=O) groups excluding carboxylic acids is 2. The molecule has 1 saturated heterocycles. The van der Waals surface area contributed by atoms with Crippen LogP contribution in [0.3, 0.4) is 0 Å². The smallest absolute Gasteiger partial charge is 0.252 e. The highest BCUT2D eigenvalue weighted by molar-refractivity contribution is 8.14. The number of amides is 1. The van der Waals surface area contributed by atoms with Gasteiger partial charge in [0.15, 0.2) is 0 Å². The van der Waals surface area contributed by atoms with Crippen LogP contribution in [0.1, 0.15) is 26.3 Å². The molecule has 4 rings (SSSR count). The van der Waals surface area contributed by atoms with Gasteiger partial charge in [0.25, 0.3) is 5.91 Å². The molecule has 3 aromatic rings. The quantitative estimate of drug-likeness (QED) is 0.423. The van der Waals surface area contributed by atoms with Crippen molar-refractivity contribution in [3.8, 4) is 17.3 Å². The molecule has 37 heavy (non-hydrogen) atoms. The second-order valence-corrected chi connectivity index (χ2v) is 9.02. The molecular formula is C26H25FN6O3S. The standard InChI is InChI=1S/C26H25FN6O3S/c1-17-15-30-26(32-23(17)18-2-4-19(5-3-18)24(34)29-9-8-28)31-20-6-7-22(33-10-12-36-13-11-33)21(14-20)25(35)37-16-27/h2-7,14-15H,9-13,16H2,1H3,(H,29,34)(H,30,31,32). The average Bonchev–Trinajstić information content (AvgIpc) is 2.93. The van der Waals surface area contributed by atoms with E-state index in [1.165, 1.54) is 0 Å². The highest BCUT2D eigenvalue weighted by Gasteiger charge is 2.20. The minimum atomic E-state index is -0.803. The number of hydrogen-bond donors (Lipinski definition) is 2. The molecule has 9 nitrogen and oxygen atoms in total. The SMILES string of the molecule is Cc1cnc(Nc2ccc(N3CCOCC3)c(C(=O)SCF)c2)nc1-c1ccc(C(=O)NCC#N)cc1. The summed E-state index contributed by atoms with van der Waals surface area (Å²) < 4.78 is 18.4. The lowest BCUT2D eigenvalue weighted by Gasteiger charge is -2.30. The molecule has 1 amide bonds. The molecule has 1 fully saturated rings. The zero-order valence-electron chi connectivity index (χ0n) is 20.2. The van der Waals surface area contributed by atoms with Crippen molar-refractivity contribution < 1.29 is 18.7 Å². The van der Waals surface area contributed by atoms with E-state index >= 15 is 0 Å². The Balaban J connectivity index is 1.58. The predicted molar refractivity (Wildman–Crippen MR) is 141 cm³/mol. The Labute approximate surface area is 218 Å². The Bertz CT molecular complexity index is 1320. The van der Waals surface area contributed by atoms with Gasteiger partial charge in [0.05, 0.1) is 30.5 Å². The number of alkyl halides is 1. The minimum absolute atomic E-state index is 0.0617. The van der Waals surface area contributed by atoms with Crippen LogP contribution >= 0.6 is 11.8 Å². The van der Waals surface area contributed by atoms with Crippen LogP contribution in [-0.2, 0) is 4.74 Å². The lowest BCUT2D eigenvalue weighted by Crippen LogP contribution is -2.37. The maximum absolute atomic E-state index is 13.0. The first kappa shape index (κ1) is 26.1. The lowest BCUT2D eigenvalue weighted by molar-refractivity contribution is 0.0958. The Kier molecular flexibility index (Phi) is 8.66. The first-order valence-corrected chi connectivity index (χ1v) is 12.5. The summed E-state index contributed by atoms with van der Waals surface area (Å²) in [6, 6.07) is 13.3. The van der Waals surface area contributed by atoms with Gasteiger partial charge in [0.2, 0.25) is 11.1 Å². The van der Waals surface area contributed by atoms with Gasteiger partial charge in [-0.25, -0.2) is 14.4 Å². The predicted octanol–water partition coefficient (Wildman–Crippen LogP) is 4.09. The van der Waals surface area contributed by atoms with Crippen molar-refractivity contribution in [2.45, 2.75) is 6.92 Å². The number of anilines is 3. The summed E-state index contributed by atoms with van der Waals surface area (Å²) in [7, 11) is 0. The molecule has 190 valence electrons. The molecule has 2 N–H and O–H groups in total. The second kappa shape index (κ2) is 12.3. The minimum Gasteiger partial charge on any atom is -0.378 e. The fourth-order valence-electron chi connectivity index (χ4n) is 3.91. The highest BCUT2D eigenvalue weighted by atomic mass is 32.2. The third-order valence-corrected chi connectivity index (χ3v) is 6.32. The van der Waals surface area contributed by atoms with Crippen LogP contribution in [0.2, 0.25) is 0 Å². The highest BCUT2D eigenvalue weighted by Crippen LogP contribution is 2.30. The fourth-order valence-corrected chi connectivity index (χ4v) is 4.33. The monoisotopic (exact) mass is 520 g/mol. The summed E-state index contributed by atoms with van der Waals surface area (Å²) >= 11 is 0.620. The van der Waals surface area contributed by atoms with Gasteiger partial charge >= 0.3 is 0 Å². The molecule has 0 atom stereocenters. The number of rotatable bonds is 8. The summed E-state index contributed by atoms with van der Waals surface area (Å²) in [5, 5.41) is 13.9. The van der Waals surface area contributed by atoms with Gasteiger partial charge in [-0.1, -0.05) is 12.1 Å². The maximum atomic E-state index is 13.0. The van der Waals surface area contributed by atoms with Gasteiger partial charge in [0, 0.05) is 41.8 Å². The van der Waals surface area contributed by atoms with E-state index in [0.29, 0.717) is 66.5 Å². The average molecular weight is 521 g/mol. The lowest BCUT2D eigenvalue weighted by atomic mass is 10.1. The van der Waals surface area contributed by atoms with Crippen molar-refractivity contribution in [2.75, 3.05) is 49.1 Å². The van der Waals surface area contributed by atoms with Gasteiger partial charge in [-0.3, -0.25) is 9.59 Å². The topological polar surface area (TPSA) is 120 Å². The number of carbonyl (C=O) groups is 2. The number of benzene rings is 2. The molecule has 0 spiro atoms. The zero-order valence-corrected chi connectivity index (χ0v) is 21.0. The van der Waals surface area contributed by atoms with E-state index in [0.717, 1.165) is 16.8 Å². The first-order chi connectivity index (χ1) is 18.0. The zero-order chi connectivity index (χ0) is 26.2. The largest absolute Gasteiger partial charge is 0.378 e. The van der Waals surface area contributed by atoms with Gasteiger partial charge < -0.3 is 20.3 Å². The van der Waals surface area contributed by atoms with Crippen molar-refractivity contribution >= 4 is 40.1 Å². The van der Waals surface area contributed by atoms with Crippen LogP contribution in [-0.4, -0.2) is 59.8 Å². The molecule has 0 bridgehead atoms. The number of nitrogens with one attached hydrogen (secondary N) is 2. The van der Waals surface area contributed by atoms with Gasteiger partial charge in [0.1, 0.15) is 12.6 Å². The fraction of sp³-hybridized carbons (Fsp3) is 0.269. The number of morpholine rings is 1. The van der Waals surface area contributed by atoms with Crippen molar-refractivity contribution in [2.24, 2.45) is 0 Å². The van der Waals surface area contributed by atoms with Crippen LogP contribution in [0.5, 0.6) is 0 Å². The van der Waals surface area contributed by atoms with Crippen molar-refractivity contribution in [3.05, 3.63) is 65.4 Å².